The van der Waals surface area contributed by atoms with Crippen LogP contribution in [0.2, 0.25) is 0 Å². The van der Waals surface area contributed by atoms with Crippen molar-refractivity contribution in [2.75, 3.05) is 6.54 Å². The van der Waals surface area contributed by atoms with Crippen LogP contribution < -0.4 is 16.6 Å². The zero-order valence-electron chi connectivity index (χ0n) is 10.2. The van der Waals surface area contributed by atoms with Gasteiger partial charge in [-0.3, -0.25) is 9.59 Å². The van der Waals surface area contributed by atoms with Gasteiger partial charge in [0, 0.05) is 24.4 Å². The molecule has 1 aromatic heterocycles. The fourth-order valence-corrected chi connectivity index (χ4v) is 1.67. The molecule has 5 heteroatoms. The van der Waals surface area contributed by atoms with Crippen molar-refractivity contribution in [2.45, 2.75) is 32.2 Å². The predicted octanol–water partition coefficient (Wildman–Crippen LogP) is 0.622. The first-order chi connectivity index (χ1) is 8.06. The van der Waals surface area contributed by atoms with E-state index in [1.807, 2.05) is 13.8 Å². The van der Waals surface area contributed by atoms with Gasteiger partial charge in [0.1, 0.15) is 0 Å². The maximum absolute atomic E-state index is 12.0. The van der Waals surface area contributed by atoms with Crippen molar-refractivity contribution in [3.8, 4) is 0 Å². The molecule has 5 nitrogen and oxygen atoms in total. The smallest absolute Gasteiger partial charge is 0.252 e. The molecule has 94 valence electrons. The lowest BCUT2D eigenvalue weighted by Gasteiger charge is -2.31. The van der Waals surface area contributed by atoms with E-state index in [9.17, 15) is 9.59 Å². The Morgan fingerprint density at radius 1 is 1.47 bits per heavy atom. The maximum Gasteiger partial charge on any atom is 0.252 e. The van der Waals surface area contributed by atoms with E-state index >= 15 is 0 Å². The van der Waals surface area contributed by atoms with E-state index < -0.39 is 0 Å². The van der Waals surface area contributed by atoms with Crippen LogP contribution in [0.1, 0.15) is 37.0 Å². The minimum atomic E-state index is -0.389. The number of hydrogen-bond acceptors (Lipinski definition) is 3. The lowest BCUT2D eigenvalue weighted by Crippen LogP contribution is -2.53. The summed E-state index contributed by atoms with van der Waals surface area (Å²) in [7, 11) is 0. The zero-order valence-corrected chi connectivity index (χ0v) is 10.2. The molecular formula is C12H19N3O2. The molecule has 1 amide bonds. The van der Waals surface area contributed by atoms with Gasteiger partial charge in [0.2, 0.25) is 5.56 Å². The summed E-state index contributed by atoms with van der Waals surface area (Å²) in [6, 6.07) is 2.85. The van der Waals surface area contributed by atoms with E-state index in [0.29, 0.717) is 12.1 Å². The summed E-state index contributed by atoms with van der Waals surface area (Å²) in [5.74, 6) is -0.259. The van der Waals surface area contributed by atoms with Gasteiger partial charge in [-0.2, -0.15) is 0 Å². The maximum atomic E-state index is 12.0. The summed E-state index contributed by atoms with van der Waals surface area (Å²) < 4.78 is 0. The third-order valence-electron chi connectivity index (χ3n) is 3.16. The molecule has 0 radical (unpaired) electrons. The molecule has 0 aliphatic heterocycles. The van der Waals surface area contributed by atoms with Gasteiger partial charge in [0.25, 0.3) is 5.91 Å². The molecule has 0 aliphatic carbocycles. The average Bonchev–Trinajstić information content (AvgIpc) is 2.36. The number of hydrogen-bond donors (Lipinski definition) is 3. The van der Waals surface area contributed by atoms with E-state index in [2.05, 4.69) is 10.3 Å². The molecule has 0 bridgehead atoms. The van der Waals surface area contributed by atoms with Crippen molar-refractivity contribution in [3.05, 3.63) is 34.2 Å². The van der Waals surface area contributed by atoms with Crippen molar-refractivity contribution in [3.63, 3.8) is 0 Å². The summed E-state index contributed by atoms with van der Waals surface area (Å²) in [6.45, 7) is 4.35. The molecule has 1 aromatic rings. The van der Waals surface area contributed by atoms with Crippen molar-refractivity contribution in [1.82, 2.24) is 10.3 Å². The largest absolute Gasteiger partial charge is 0.345 e. The second kappa shape index (κ2) is 5.63. The molecule has 1 rings (SSSR count). The molecule has 1 heterocycles. The Morgan fingerprint density at radius 2 is 2.12 bits per heavy atom. The molecule has 0 aromatic carbocycles. The normalized spacial score (nSPS) is 11.2. The number of pyridine rings is 1. The Kier molecular flexibility index (Phi) is 4.45. The number of aromatic nitrogens is 1. The van der Waals surface area contributed by atoms with Gasteiger partial charge in [-0.1, -0.05) is 13.8 Å². The highest BCUT2D eigenvalue weighted by atomic mass is 16.2. The fraction of sp³-hybridized carbons (Fsp3) is 0.500. The Bertz CT molecular complexity index is 427. The molecule has 0 saturated carbocycles. The van der Waals surface area contributed by atoms with E-state index in [1.165, 1.54) is 12.3 Å². The summed E-state index contributed by atoms with van der Waals surface area (Å²) in [5.41, 5.74) is 5.38. The number of aromatic amines is 1. The van der Waals surface area contributed by atoms with Gasteiger partial charge in [0.05, 0.1) is 5.54 Å². The predicted molar refractivity (Wildman–Crippen MR) is 66.9 cm³/mol. The van der Waals surface area contributed by atoms with Gasteiger partial charge in [-0.25, -0.2) is 0 Å². The Hall–Kier alpha value is -1.62. The van der Waals surface area contributed by atoms with Crippen LogP contribution in [0.15, 0.2) is 23.1 Å². The number of amides is 1. The first-order valence-electron chi connectivity index (χ1n) is 5.78. The molecule has 0 aliphatic rings. The van der Waals surface area contributed by atoms with Gasteiger partial charge in [-0.15, -0.1) is 0 Å². The van der Waals surface area contributed by atoms with Crippen LogP contribution in [-0.4, -0.2) is 23.0 Å². The highest BCUT2D eigenvalue weighted by Crippen LogP contribution is 2.14. The summed E-state index contributed by atoms with van der Waals surface area (Å²) in [4.78, 5) is 25.5. The molecule has 17 heavy (non-hydrogen) atoms. The third kappa shape index (κ3) is 3.17. The van der Waals surface area contributed by atoms with Gasteiger partial charge >= 0.3 is 0 Å². The Morgan fingerprint density at radius 3 is 2.59 bits per heavy atom. The molecule has 0 fully saturated rings. The van der Waals surface area contributed by atoms with Crippen LogP contribution in [0.25, 0.3) is 0 Å². The molecule has 0 saturated heterocycles. The second-order valence-corrected chi connectivity index (χ2v) is 4.09. The van der Waals surface area contributed by atoms with Crippen LogP contribution in [0.5, 0.6) is 0 Å². The quantitative estimate of drug-likeness (QED) is 0.701. The molecule has 0 atom stereocenters. The lowest BCUT2D eigenvalue weighted by molar-refractivity contribution is 0.0895. The number of nitrogens with one attached hydrogen (secondary N) is 2. The van der Waals surface area contributed by atoms with Gasteiger partial charge in [0.15, 0.2) is 0 Å². The summed E-state index contributed by atoms with van der Waals surface area (Å²) in [6.07, 6.45) is 2.98. The third-order valence-corrected chi connectivity index (χ3v) is 3.16. The minimum Gasteiger partial charge on any atom is -0.345 e. The summed E-state index contributed by atoms with van der Waals surface area (Å²) >= 11 is 0. The zero-order chi connectivity index (χ0) is 12.9. The van der Waals surface area contributed by atoms with E-state index in [-0.39, 0.29) is 17.0 Å². The van der Waals surface area contributed by atoms with Crippen molar-refractivity contribution in [2.24, 2.45) is 5.73 Å². The summed E-state index contributed by atoms with van der Waals surface area (Å²) in [5, 5.41) is 2.91. The van der Waals surface area contributed by atoms with Crippen LogP contribution in [0, 0.1) is 0 Å². The van der Waals surface area contributed by atoms with Gasteiger partial charge < -0.3 is 16.0 Å². The number of H-pyrrole nitrogens is 1. The van der Waals surface area contributed by atoms with E-state index in [4.69, 9.17) is 5.73 Å². The molecule has 0 spiro atoms. The number of carbonyl (C=O) groups is 1. The lowest BCUT2D eigenvalue weighted by atomic mass is 9.92. The van der Waals surface area contributed by atoms with Crippen molar-refractivity contribution < 1.29 is 4.79 Å². The molecular weight excluding hydrogens is 218 g/mol. The van der Waals surface area contributed by atoms with Crippen LogP contribution >= 0.6 is 0 Å². The number of rotatable bonds is 5. The second-order valence-electron chi connectivity index (χ2n) is 4.09. The topological polar surface area (TPSA) is 88.0 Å². The minimum absolute atomic E-state index is 0.259. The fourth-order valence-electron chi connectivity index (χ4n) is 1.67. The van der Waals surface area contributed by atoms with Crippen molar-refractivity contribution in [1.29, 1.82) is 0 Å². The Balaban J connectivity index is 2.88. The van der Waals surface area contributed by atoms with Gasteiger partial charge in [-0.05, 0) is 18.9 Å². The average molecular weight is 237 g/mol. The first-order valence-corrected chi connectivity index (χ1v) is 5.78. The van der Waals surface area contributed by atoms with Crippen LogP contribution in [-0.2, 0) is 0 Å². The molecule has 4 N–H and O–H groups in total. The van der Waals surface area contributed by atoms with Crippen LogP contribution in [0.3, 0.4) is 0 Å². The number of carbonyl (C=O) groups excluding carboxylic acids is 1. The van der Waals surface area contributed by atoms with Crippen molar-refractivity contribution >= 4 is 5.91 Å². The van der Waals surface area contributed by atoms with Crippen LogP contribution in [0.4, 0.5) is 0 Å². The number of nitrogens with two attached hydrogens (primary N) is 1. The van der Waals surface area contributed by atoms with E-state index in [0.717, 1.165) is 12.8 Å². The highest BCUT2D eigenvalue weighted by molar-refractivity contribution is 5.94. The first kappa shape index (κ1) is 13.4. The monoisotopic (exact) mass is 237 g/mol. The van der Waals surface area contributed by atoms with E-state index in [1.54, 1.807) is 6.07 Å². The molecule has 0 unspecified atom stereocenters. The Labute approximate surface area is 100 Å². The standard InChI is InChI=1S/C12H19N3O2/c1-3-12(4-2,8-13)15-11(17)9-5-6-14-10(16)7-9/h5-7H,3-4,8,13H2,1-2H3,(H,14,16)(H,15,17). The highest BCUT2D eigenvalue weighted by Gasteiger charge is 2.26. The SMILES string of the molecule is CCC(CC)(CN)NC(=O)c1cc[nH]c(=O)c1.